The fourth-order valence-corrected chi connectivity index (χ4v) is 3.86. The van der Waals surface area contributed by atoms with Gasteiger partial charge in [0.1, 0.15) is 27.7 Å². The van der Waals surface area contributed by atoms with Crippen molar-refractivity contribution in [2.24, 2.45) is 0 Å². The molecule has 1 saturated carbocycles. The van der Waals surface area contributed by atoms with E-state index in [4.69, 9.17) is 0 Å². The molecule has 8 nitrogen and oxygen atoms in total. The molecule has 2 N–H and O–H groups in total. The van der Waals surface area contributed by atoms with E-state index in [9.17, 15) is 40.4 Å². The number of halogens is 4. The zero-order valence-electron chi connectivity index (χ0n) is 18.7. The zero-order chi connectivity index (χ0) is 25.7. The molecule has 0 aromatic heterocycles. The number of ketones is 1. The lowest BCUT2D eigenvalue weighted by Crippen LogP contribution is -2.58. The molecule has 2 rings (SSSR count). The average molecular weight is 510 g/mol. The van der Waals surface area contributed by atoms with Crippen LogP contribution >= 0.6 is 0 Å². The lowest BCUT2D eigenvalue weighted by Gasteiger charge is -2.35. The summed E-state index contributed by atoms with van der Waals surface area (Å²) in [5, 5.41) is 2.91. The molecule has 1 fully saturated rings. The van der Waals surface area contributed by atoms with Gasteiger partial charge in [-0.25, -0.2) is 18.2 Å². The maximum atomic E-state index is 13.9. The van der Waals surface area contributed by atoms with Crippen LogP contribution in [-0.2, 0) is 24.2 Å². The number of benzene rings is 1. The van der Waals surface area contributed by atoms with Crippen molar-refractivity contribution >= 4 is 27.4 Å². The van der Waals surface area contributed by atoms with Gasteiger partial charge in [0, 0.05) is 18.7 Å². The SMILES string of the molecule is CC[C@@H](C(=O)C(=O)NC1CC1)N(N[C@@H](c1ccc(F)cc1)C(F)(F)F)C(=O)CCCS(C)(=O)=O. The Morgan fingerprint density at radius 1 is 1.15 bits per heavy atom. The summed E-state index contributed by atoms with van der Waals surface area (Å²) >= 11 is 0. The number of carbonyl (C=O) groups excluding carboxylic acids is 3. The first-order valence-electron chi connectivity index (χ1n) is 10.7. The van der Waals surface area contributed by atoms with Gasteiger partial charge in [-0.3, -0.25) is 19.4 Å². The molecule has 0 spiro atoms. The molecule has 0 aliphatic heterocycles. The maximum Gasteiger partial charge on any atom is 0.409 e. The van der Waals surface area contributed by atoms with Crippen molar-refractivity contribution in [1.82, 2.24) is 15.8 Å². The number of carbonyl (C=O) groups is 3. The first kappa shape index (κ1) is 27.7. The number of hydrogen-bond acceptors (Lipinski definition) is 6. The Balaban J connectivity index is 2.35. The quantitative estimate of drug-likeness (QED) is 0.254. The Morgan fingerprint density at radius 3 is 2.21 bits per heavy atom. The number of nitrogens with one attached hydrogen (secondary N) is 2. The van der Waals surface area contributed by atoms with E-state index in [1.807, 2.05) is 5.43 Å². The molecular weight excluding hydrogens is 482 g/mol. The van der Waals surface area contributed by atoms with E-state index in [1.165, 1.54) is 6.92 Å². The van der Waals surface area contributed by atoms with Crippen LogP contribution < -0.4 is 10.7 Å². The van der Waals surface area contributed by atoms with Crippen molar-refractivity contribution in [3.63, 3.8) is 0 Å². The molecule has 190 valence electrons. The normalized spacial score (nSPS) is 15.9. The van der Waals surface area contributed by atoms with E-state index in [0.717, 1.165) is 30.5 Å². The van der Waals surface area contributed by atoms with E-state index in [0.29, 0.717) is 17.9 Å². The molecular formula is C21H27F4N3O5S. The molecule has 0 bridgehead atoms. The van der Waals surface area contributed by atoms with Crippen LogP contribution in [0.1, 0.15) is 50.6 Å². The van der Waals surface area contributed by atoms with Gasteiger partial charge in [-0.05, 0) is 43.4 Å². The topological polar surface area (TPSA) is 113 Å². The number of nitrogens with zero attached hydrogens (tertiary/aromatic N) is 1. The monoisotopic (exact) mass is 509 g/mol. The first-order chi connectivity index (χ1) is 15.7. The van der Waals surface area contributed by atoms with Gasteiger partial charge < -0.3 is 5.32 Å². The van der Waals surface area contributed by atoms with Crippen molar-refractivity contribution in [2.75, 3.05) is 12.0 Å². The number of hydrogen-bond donors (Lipinski definition) is 2. The highest BCUT2D eigenvalue weighted by molar-refractivity contribution is 7.90. The third-order valence-electron chi connectivity index (χ3n) is 5.11. The fraction of sp³-hybridized carbons (Fsp3) is 0.571. The second-order valence-corrected chi connectivity index (χ2v) is 10.4. The summed E-state index contributed by atoms with van der Waals surface area (Å²) in [5.41, 5.74) is 1.60. The second kappa shape index (κ2) is 11.3. The summed E-state index contributed by atoms with van der Waals surface area (Å²) in [5.74, 6) is -4.26. The van der Waals surface area contributed by atoms with Gasteiger partial charge in [0.05, 0.1) is 5.75 Å². The number of amides is 2. The molecule has 2 atom stereocenters. The van der Waals surface area contributed by atoms with Crippen molar-refractivity contribution in [1.29, 1.82) is 0 Å². The van der Waals surface area contributed by atoms with Crippen LogP contribution in [0.5, 0.6) is 0 Å². The predicted octanol–water partition coefficient (Wildman–Crippen LogP) is 2.21. The van der Waals surface area contributed by atoms with Crippen LogP contribution in [0.2, 0.25) is 0 Å². The molecule has 1 aromatic carbocycles. The molecule has 0 heterocycles. The van der Waals surface area contributed by atoms with Crippen LogP contribution in [0, 0.1) is 5.82 Å². The Labute approximate surface area is 195 Å². The van der Waals surface area contributed by atoms with Gasteiger partial charge in [0.25, 0.3) is 5.91 Å². The van der Waals surface area contributed by atoms with Crippen LogP contribution in [0.15, 0.2) is 24.3 Å². The molecule has 0 radical (unpaired) electrons. The first-order valence-corrected chi connectivity index (χ1v) is 12.7. The van der Waals surface area contributed by atoms with Crippen LogP contribution in [0.3, 0.4) is 0 Å². The number of sulfone groups is 1. The van der Waals surface area contributed by atoms with Gasteiger partial charge in [-0.2, -0.15) is 13.2 Å². The average Bonchev–Trinajstić information content (AvgIpc) is 3.53. The highest BCUT2D eigenvalue weighted by Gasteiger charge is 2.45. The number of alkyl halides is 3. The number of Topliss-reactive ketones (excluding diaryl/α,β-unsaturated/α-hetero) is 1. The Bertz CT molecular complexity index is 995. The van der Waals surface area contributed by atoms with Gasteiger partial charge in [0.2, 0.25) is 11.7 Å². The molecule has 1 aliphatic rings. The Morgan fingerprint density at radius 2 is 1.74 bits per heavy atom. The van der Waals surface area contributed by atoms with E-state index in [-0.39, 0.29) is 24.6 Å². The van der Waals surface area contributed by atoms with Crippen molar-refractivity contribution in [2.45, 2.75) is 63.3 Å². The van der Waals surface area contributed by atoms with E-state index in [1.54, 1.807) is 0 Å². The fourth-order valence-electron chi connectivity index (χ4n) is 3.19. The lowest BCUT2D eigenvalue weighted by molar-refractivity contribution is -0.178. The second-order valence-electron chi connectivity index (χ2n) is 8.19. The highest BCUT2D eigenvalue weighted by atomic mass is 32.2. The van der Waals surface area contributed by atoms with Gasteiger partial charge in [-0.1, -0.05) is 19.1 Å². The molecule has 2 amide bonds. The van der Waals surface area contributed by atoms with E-state index < -0.39 is 63.5 Å². The van der Waals surface area contributed by atoms with Crippen LogP contribution in [0.4, 0.5) is 17.6 Å². The smallest absolute Gasteiger partial charge is 0.347 e. The molecule has 34 heavy (non-hydrogen) atoms. The van der Waals surface area contributed by atoms with Gasteiger partial charge >= 0.3 is 6.18 Å². The molecule has 0 saturated heterocycles. The standard InChI is InChI=1S/C21H27F4N3O5S/c1-3-16(18(30)20(31)26-15-10-11-15)28(17(29)5-4-12-34(2,32)33)27-19(21(23,24)25)13-6-8-14(22)9-7-13/h6-9,15-16,19,27H,3-5,10-12H2,1-2H3,(H,26,31)/t16-,19-/m0/s1. The highest BCUT2D eigenvalue weighted by Crippen LogP contribution is 2.33. The van der Waals surface area contributed by atoms with E-state index >= 15 is 0 Å². The van der Waals surface area contributed by atoms with Crippen molar-refractivity contribution < 1.29 is 40.4 Å². The third-order valence-corrected chi connectivity index (χ3v) is 6.14. The van der Waals surface area contributed by atoms with Gasteiger partial charge in [0.15, 0.2) is 0 Å². The summed E-state index contributed by atoms with van der Waals surface area (Å²) in [6.07, 6.45) is -3.53. The minimum atomic E-state index is -4.96. The Kier molecular flexibility index (Phi) is 9.17. The third kappa shape index (κ3) is 8.35. The summed E-state index contributed by atoms with van der Waals surface area (Å²) in [4.78, 5) is 37.9. The number of rotatable bonds is 12. The maximum absolute atomic E-state index is 13.9. The molecule has 0 unspecified atom stereocenters. The summed E-state index contributed by atoms with van der Waals surface area (Å²) in [6, 6.07) is -0.859. The summed E-state index contributed by atoms with van der Waals surface area (Å²) < 4.78 is 77.7. The zero-order valence-corrected chi connectivity index (χ0v) is 19.5. The summed E-state index contributed by atoms with van der Waals surface area (Å²) in [7, 11) is -3.44. The molecule has 13 heteroatoms. The summed E-state index contributed by atoms with van der Waals surface area (Å²) in [6.45, 7) is 1.42. The van der Waals surface area contributed by atoms with E-state index in [2.05, 4.69) is 5.32 Å². The molecule has 1 aromatic rings. The van der Waals surface area contributed by atoms with Crippen LogP contribution in [0.25, 0.3) is 0 Å². The van der Waals surface area contributed by atoms with Crippen molar-refractivity contribution in [3.8, 4) is 0 Å². The predicted molar refractivity (Wildman–Crippen MR) is 114 cm³/mol. The van der Waals surface area contributed by atoms with Crippen molar-refractivity contribution in [3.05, 3.63) is 35.6 Å². The minimum absolute atomic E-state index is 0.185. The number of hydrazine groups is 1. The Hall–Kier alpha value is -2.54. The largest absolute Gasteiger partial charge is 0.409 e. The van der Waals surface area contributed by atoms with Crippen LogP contribution in [-0.4, -0.2) is 61.3 Å². The minimum Gasteiger partial charge on any atom is -0.347 e. The molecule has 1 aliphatic carbocycles. The van der Waals surface area contributed by atoms with Gasteiger partial charge in [-0.15, -0.1) is 0 Å². The lowest BCUT2D eigenvalue weighted by atomic mass is 10.1.